The van der Waals surface area contributed by atoms with Crippen LogP contribution in [0.2, 0.25) is 5.15 Å². The first-order valence-electron chi connectivity index (χ1n) is 4.80. The molecular weight excluding hydrogens is 281 g/mol. The average Bonchev–Trinajstić information content (AvgIpc) is 2.77. The molecular formula is C10H7ClFN3O2S. The molecule has 0 radical (unpaired) electrons. The van der Waals surface area contributed by atoms with Crippen molar-refractivity contribution >= 4 is 28.9 Å². The average molecular weight is 288 g/mol. The maximum Gasteiger partial charge on any atom is 0.312 e. The van der Waals surface area contributed by atoms with Crippen LogP contribution in [0, 0.1) is 5.82 Å². The number of carbonyl (C=O) groups is 1. The van der Waals surface area contributed by atoms with Crippen molar-refractivity contribution in [3.63, 3.8) is 0 Å². The zero-order valence-electron chi connectivity index (χ0n) is 9.18. The van der Waals surface area contributed by atoms with Crippen molar-refractivity contribution in [3.8, 4) is 10.6 Å². The van der Waals surface area contributed by atoms with Gasteiger partial charge < -0.3 is 4.74 Å². The van der Waals surface area contributed by atoms with Gasteiger partial charge >= 0.3 is 5.97 Å². The molecule has 94 valence electrons. The normalized spacial score (nSPS) is 10.4. The number of hydrogen-bond acceptors (Lipinski definition) is 6. The predicted molar refractivity (Wildman–Crippen MR) is 63.8 cm³/mol. The molecule has 0 bridgehead atoms. The fourth-order valence-corrected chi connectivity index (χ4v) is 2.18. The van der Waals surface area contributed by atoms with Crippen LogP contribution in [0.15, 0.2) is 12.3 Å². The van der Waals surface area contributed by atoms with E-state index in [9.17, 15) is 9.18 Å². The molecule has 0 atom stereocenters. The van der Waals surface area contributed by atoms with Crippen molar-refractivity contribution in [2.24, 2.45) is 0 Å². The smallest absolute Gasteiger partial charge is 0.312 e. The van der Waals surface area contributed by atoms with Crippen molar-refractivity contribution in [3.05, 3.63) is 28.2 Å². The Balaban J connectivity index is 2.26. The molecule has 18 heavy (non-hydrogen) atoms. The molecule has 0 saturated carbocycles. The van der Waals surface area contributed by atoms with Crippen LogP contribution in [-0.4, -0.2) is 28.3 Å². The number of carbonyl (C=O) groups excluding carboxylic acids is 1. The second-order valence-corrected chi connectivity index (χ2v) is 4.69. The molecule has 0 unspecified atom stereocenters. The van der Waals surface area contributed by atoms with Crippen LogP contribution in [0.3, 0.4) is 0 Å². The minimum Gasteiger partial charge on any atom is -0.469 e. The topological polar surface area (TPSA) is 65.0 Å². The molecule has 0 aliphatic rings. The van der Waals surface area contributed by atoms with Gasteiger partial charge in [0, 0.05) is 12.3 Å². The highest BCUT2D eigenvalue weighted by Gasteiger charge is 2.14. The lowest BCUT2D eigenvalue weighted by atomic mass is 10.3. The molecule has 0 aromatic carbocycles. The van der Waals surface area contributed by atoms with E-state index in [1.54, 1.807) is 0 Å². The minimum atomic E-state index is -0.532. The monoisotopic (exact) mass is 287 g/mol. The van der Waals surface area contributed by atoms with Gasteiger partial charge in [-0.1, -0.05) is 22.9 Å². The molecule has 0 spiro atoms. The van der Waals surface area contributed by atoms with Crippen LogP contribution in [0.4, 0.5) is 4.39 Å². The number of hydrogen-bond donors (Lipinski definition) is 0. The molecule has 0 aliphatic heterocycles. The maximum absolute atomic E-state index is 13.6. The molecule has 2 aromatic heterocycles. The Morgan fingerprint density at radius 1 is 1.56 bits per heavy atom. The van der Waals surface area contributed by atoms with E-state index < -0.39 is 11.8 Å². The van der Waals surface area contributed by atoms with Gasteiger partial charge in [0.1, 0.15) is 16.0 Å². The third kappa shape index (κ3) is 2.80. The Morgan fingerprint density at radius 2 is 2.33 bits per heavy atom. The van der Waals surface area contributed by atoms with Gasteiger partial charge in [-0.25, -0.2) is 9.37 Å². The van der Waals surface area contributed by atoms with Gasteiger partial charge in [-0.2, -0.15) is 0 Å². The Hall–Kier alpha value is -1.60. The molecule has 0 amide bonds. The number of pyridine rings is 1. The molecule has 8 heteroatoms. The molecule has 0 fully saturated rings. The van der Waals surface area contributed by atoms with Gasteiger partial charge in [0.05, 0.1) is 19.1 Å². The van der Waals surface area contributed by atoms with Crippen LogP contribution in [0.1, 0.15) is 5.01 Å². The van der Waals surface area contributed by atoms with Crippen molar-refractivity contribution < 1.29 is 13.9 Å². The summed E-state index contributed by atoms with van der Waals surface area (Å²) in [7, 11) is 1.28. The van der Waals surface area contributed by atoms with Crippen LogP contribution in [0.25, 0.3) is 10.6 Å². The summed E-state index contributed by atoms with van der Waals surface area (Å²) in [5, 5.41) is 8.44. The van der Waals surface area contributed by atoms with E-state index in [1.165, 1.54) is 13.3 Å². The fraction of sp³-hybridized carbons (Fsp3) is 0.200. The molecule has 0 aliphatic carbocycles. The highest BCUT2D eigenvalue weighted by atomic mass is 35.5. The Morgan fingerprint density at radius 3 is 3.00 bits per heavy atom. The zero-order chi connectivity index (χ0) is 13.1. The summed E-state index contributed by atoms with van der Waals surface area (Å²) in [6.07, 6.45) is 1.29. The third-order valence-corrected chi connectivity index (χ3v) is 3.20. The summed E-state index contributed by atoms with van der Waals surface area (Å²) >= 11 is 6.66. The number of nitrogens with zero attached hydrogens (tertiary/aromatic N) is 3. The van der Waals surface area contributed by atoms with Crippen LogP contribution < -0.4 is 0 Å². The standard InChI is InChI=1S/C10H7ClFN3O2S/c1-17-9(16)3-8-14-15-10(18-8)5-4-13-7(11)2-6(5)12/h2,4H,3H2,1H3. The van der Waals surface area contributed by atoms with E-state index in [-0.39, 0.29) is 17.1 Å². The highest BCUT2D eigenvalue weighted by Crippen LogP contribution is 2.26. The lowest BCUT2D eigenvalue weighted by Crippen LogP contribution is -2.03. The molecule has 0 saturated heterocycles. The van der Waals surface area contributed by atoms with Gasteiger partial charge in [-0.3, -0.25) is 4.79 Å². The van der Waals surface area contributed by atoms with Crippen molar-refractivity contribution in [2.45, 2.75) is 6.42 Å². The van der Waals surface area contributed by atoms with Crippen LogP contribution >= 0.6 is 22.9 Å². The molecule has 5 nitrogen and oxygen atoms in total. The largest absolute Gasteiger partial charge is 0.469 e. The molecule has 2 rings (SSSR count). The second kappa shape index (κ2) is 5.36. The van der Waals surface area contributed by atoms with E-state index in [0.717, 1.165) is 17.4 Å². The zero-order valence-corrected chi connectivity index (χ0v) is 10.8. The Kier molecular flexibility index (Phi) is 3.83. The second-order valence-electron chi connectivity index (χ2n) is 3.24. The van der Waals surface area contributed by atoms with E-state index in [1.807, 2.05) is 0 Å². The van der Waals surface area contributed by atoms with Gasteiger partial charge in [-0.05, 0) is 0 Å². The van der Waals surface area contributed by atoms with Crippen LogP contribution in [0.5, 0.6) is 0 Å². The number of esters is 1. The minimum absolute atomic E-state index is 0.0107. The first kappa shape index (κ1) is 12.8. The number of ether oxygens (including phenoxy) is 1. The Labute approximate surface area is 111 Å². The van der Waals surface area contributed by atoms with Crippen molar-refractivity contribution in [2.75, 3.05) is 7.11 Å². The van der Waals surface area contributed by atoms with Crippen molar-refractivity contribution in [1.29, 1.82) is 0 Å². The van der Waals surface area contributed by atoms with Gasteiger partial charge in [-0.15, -0.1) is 10.2 Å². The van der Waals surface area contributed by atoms with Gasteiger partial charge in [0.25, 0.3) is 0 Å². The van der Waals surface area contributed by atoms with Crippen LogP contribution in [-0.2, 0) is 16.0 Å². The summed E-state index contributed by atoms with van der Waals surface area (Å²) in [4.78, 5) is 14.8. The quantitative estimate of drug-likeness (QED) is 0.639. The number of methoxy groups -OCH3 is 1. The fourth-order valence-electron chi connectivity index (χ4n) is 1.19. The number of aromatic nitrogens is 3. The summed E-state index contributed by atoms with van der Waals surface area (Å²) in [5.41, 5.74) is 0.202. The first-order valence-corrected chi connectivity index (χ1v) is 6.00. The first-order chi connectivity index (χ1) is 8.60. The molecule has 2 aromatic rings. The lowest BCUT2D eigenvalue weighted by molar-refractivity contribution is -0.139. The summed E-state index contributed by atoms with van der Waals surface area (Å²) in [5.74, 6) is -0.955. The van der Waals surface area contributed by atoms with E-state index in [4.69, 9.17) is 11.6 Å². The molecule has 2 heterocycles. The summed E-state index contributed by atoms with van der Waals surface area (Å²) < 4.78 is 18.1. The Bertz CT molecular complexity index is 590. The number of rotatable bonds is 3. The van der Waals surface area contributed by atoms with Gasteiger partial charge in [0.15, 0.2) is 5.01 Å². The summed E-state index contributed by atoms with van der Waals surface area (Å²) in [6, 6.07) is 1.10. The van der Waals surface area contributed by atoms with Crippen molar-refractivity contribution in [1.82, 2.24) is 15.2 Å². The van der Waals surface area contributed by atoms with E-state index in [2.05, 4.69) is 19.9 Å². The lowest BCUT2D eigenvalue weighted by Gasteiger charge is -1.97. The third-order valence-electron chi connectivity index (χ3n) is 2.04. The number of halogens is 2. The maximum atomic E-state index is 13.6. The predicted octanol–water partition coefficient (Wildman–Crippen LogP) is 2.11. The van der Waals surface area contributed by atoms with E-state index in [0.29, 0.717) is 10.0 Å². The highest BCUT2D eigenvalue weighted by molar-refractivity contribution is 7.14. The van der Waals surface area contributed by atoms with E-state index >= 15 is 0 Å². The SMILES string of the molecule is COC(=O)Cc1nnc(-c2cnc(Cl)cc2F)s1. The molecule has 0 N–H and O–H groups in total. The van der Waals surface area contributed by atoms with Gasteiger partial charge in [0.2, 0.25) is 0 Å². The summed E-state index contributed by atoms with van der Waals surface area (Å²) in [6.45, 7) is 0.